The first-order valence-electron chi connectivity index (χ1n) is 9.56. The summed E-state index contributed by atoms with van der Waals surface area (Å²) in [5, 5.41) is 21.5. The molecule has 162 valence electrons. The number of nitrogens with one attached hydrogen (secondary N) is 2. The molecule has 0 atom stereocenters. The van der Waals surface area contributed by atoms with Crippen LogP contribution in [0.2, 0.25) is 5.02 Å². The molecule has 9 nitrogen and oxygen atoms in total. The van der Waals surface area contributed by atoms with Crippen LogP contribution in [0.25, 0.3) is 5.65 Å². The number of carboxylic acid groups (broad SMARTS) is 2. The molecule has 4 rings (SSSR count). The Morgan fingerprint density at radius 3 is 2.39 bits per heavy atom. The number of carboxylic acids is 2. The van der Waals surface area contributed by atoms with Crippen molar-refractivity contribution in [1.29, 1.82) is 0 Å². The number of aromatic nitrogens is 2. The van der Waals surface area contributed by atoms with Gasteiger partial charge in [0.2, 0.25) is 0 Å². The zero-order valence-corrected chi connectivity index (χ0v) is 17.2. The molecule has 0 unspecified atom stereocenters. The highest BCUT2D eigenvalue weighted by molar-refractivity contribution is 6.33. The minimum Gasteiger partial charge on any atom is -0.473 e. The summed E-state index contributed by atoms with van der Waals surface area (Å²) in [5.74, 6) is -3.35. The van der Waals surface area contributed by atoms with Crippen molar-refractivity contribution in [2.24, 2.45) is 0 Å². The van der Waals surface area contributed by atoms with Crippen molar-refractivity contribution in [3.05, 3.63) is 65.1 Å². The molecule has 1 amide bonds. The lowest BCUT2D eigenvalue weighted by Gasteiger charge is -2.23. The molecule has 4 N–H and O–H groups in total. The van der Waals surface area contributed by atoms with Gasteiger partial charge in [0.15, 0.2) is 0 Å². The number of anilines is 1. The third kappa shape index (κ3) is 5.59. The van der Waals surface area contributed by atoms with Crippen LogP contribution in [0, 0.1) is 0 Å². The van der Waals surface area contributed by atoms with Crippen LogP contribution in [0.5, 0.6) is 0 Å². The van der Waals surface area contributed by atoms with Gasteiger partial charge in [0, 0.05) is 6.20 Å². The summed E-state index contributed by atoms with van der Waals surface area (Å²) in [6.07, 6.45) is 5.87. The predicted octanol–water partition coefficient (Wildman–Crippen LogP) is 2.86. The third-order valence-corrected chi connectivity index (χ3v) is 5.21. The number of halogens is 1. The van der Waals surface area contributed by atoms with Gasteiger partial charge in [-0.15, -0.1) is 0 Å². The van der Waals surface area contributed by atoms with Crippen LogP contribution < -0.4 is 10.6 Å². The summed E-state index contributed by atoms with van der Waals surface area (Å²) in [4.78, 5) is 35.2. The van der Waals surface area contributed by atoms with Crippen molar-refractivity contribution in [3.8, 4) is 0 Å². The van der Waals surface area contributed by atoms with Gasteiger partial charge in [-0.1, -0.05) is 29.8 Å². The van der Waals surface area contributed by atoms with Gasteiger partial charge in [0.1, 0.15) is 11.3 Å². The molecule has 1 aliphatic heterocycles. The van der Waals surface area contributed by atoms with Gasteiger partial charge < -0.3 is 20.8 Å². The summed E-state index contributed by atoms with van der Waals surface area (Å²) in [6, 6.07) is 11.3. The first kappa shape index (κ1) is 22.3. The van der Waals surface area contributed by atoms with E-state index in [1.807, 2.05) is 28.8 Å². The Labute approximate surface area is 182 Å². The second-order valence-corrected chi connectivity index (χ2v) is 7.31. The summed E-state index contributed by atoms with van der Waals surface area (Å²) in [5.41, 5.74) is 3.12. The number of carbonyl (C=O) groups is 3. The molecule has 1 saturated heterocycles. The van der Waals surface area contributed by atoms with Gasteiger partial charge in [-0.2, -0.15) is 0 Å². The summed E-state index contributed by atoms with van der Waals surface area (Å²) < 4.78 is 1.86. The average Bonchev–Trinajstić information content (AvgIpc) is 3.20. The molecule has 2 aromatic heterocycles. The van der Waals surface area contributed by atoms with E-state index in [9.17, 15) is 4.79 Å². The Balaban J connectivity index is 0.000000401. The first-order valence-corrected chi connectivity index (χ1v) is 9.94. The number of piperidine rings is 1. The molecular formula is C21H21ClN4O5. The Hall–Kier alpha value is -3.43. The molecule has 0 bridgehead atoms. The van der Waals surface area contributed by atoms with Gasteiger partial charge >= 0.3 is 11.9 Å². The van der Waals surface area contributed by atoms with Gasteiger partial charge in [-0.3, -0.25) is 9.20 Å². The van der Waals surface area contributed by atoms with Crippen molar-refractivity contribution in [1.82, 2.24) is 14.7 Å². The van der Waals surface area contributed by atoms with E-state index >= 15 is 0 Å². The fraction of sp³-hybridized carbons (Fsp3) is 0.238. The van der Waals surface area contributed by atoms with Crippen LogP contribution in [0.15, 0.2) is 48.8 Å². The maximum absolute atomic E-state index is 12.7. The molecule has 0 saturated carbocycles. The van der Waals surface area contributed by atoms with Crippen molar-refractivity contribution < 1.29 is 24.6 Å². The summed E-state index contributed by atoms with van der Waals surface area (Å²) >= 11 is 6.13. The Morgan fingerprint density at radius 1 is 1.06 bits per heavy atom. The van der Waals surface area contributed by atoms with Crippen LogP contribution in [0.4, 0.5) is 5.69 Å². The minimum atomic E-state index is -1.82. The maximum Gasteiger partial charge on any atom is 0.414 e. The fourth-order valence-corrected chi connectivity index (χ4v) is 3.49. The smallest absolute Gasteiger partial charge is 0.414 e. The normalized spacial score (nSPS) is 13.8. The Bertz CT molecular complexity index is 1100. The highest BCUT2D eigenvalue weighted by Gasteiger charge is 2.18. The highest BCUT2D eigenvalue weighted by Crippen LogP contribution is 2.26. The molecule has 1 fully saturated rings. The number of nitrogens with zero attached hydrogens (tertiary/aromatic N) is 2. The number of pyridine rings is 1. The van der Waals surface area contributed by atoms with Crippen LogP contribution >= 0.6 is 11.6 Å². The van der Waals surface area contributed by atoms with Gasteiger partial charge in [0.25, 0.3) is 5.91 Å². The third-order valence-electron chi connectivity index (χ3n) is 4.88. The van der Waals surface area contributed by atoms with Crippen LogP contribution in [0.3, 0.4) is 0 Å². The van der Waals surface area contributed by atoms with Crippen molar-refractivity contribution in [2.45, 2.75) is 18.8 Å². The Morgan fingerprint density at radius 2 is 1.74 bits per heavy atom. The highest BCUT2D eigenvalue weighted by atomic mass is 35.5. The molecule has 0 aliphatic carbocycles. The lowest BCUT2D eigenvalue weighted by Crippen LogP contribution is -2.26. The second kappa shape index (κ2) is 10.1. The maximum atomic E-state index is 12.7. The van der Waals surface area contributed by atoms with Crippen molar-refractivity contribution >= 4 is 40.8 Å². The number of carbonyl (C=O) groups excluding carboxylic acids is 1. The SMILES string of the molecule is O=C(Nc1ccccc1Cl)c1cnc2ccc(C3CCNCC3)cn12.O=C(O)C(=O)O. The minimum absolute atomic E-state index is 0.219. The Kier molecular flexibility index (Phi) is 7.22. The number of aliphatic carboxylic acids is 2. The predicted molar refractivity (Wildman–Crippen MR) is 115 cm³/mol. The van der Waals surface area contributed by atoms with E-state index < -0.39 is 11.9 Å². The second-order valence-electron chi connectivity index (χ2n) is 6.90. The lowest BCUT2D eigenvalue weighted by molar-refractivity contribution is -0.159. The van der Waals surface area contributed by atoms with E-state index in [1.165, 1.54) is 5.56 Å². The largest absolute Gasteiger partial charge is 0.473 e. The van der Waals surface area contributed by atoms with Crippen LogP contribution in [-0.4, -0.2) is 50.5 Å². The van der Waals surface area contributed by atoms with Crippen LogP contribution in [0.1, 0.15) is 34.8 Å². The van der Waals surface area contributed by atoms with Gasteiger partial charge in [-0.05, 0) is 55.6 Å². The van der Waals surface area contributed by atoms with Crippen LogP contribution in [-0.2, 0) is 9.59 Å². The number of imidazole rings is 1. The molecule has 1 aliphatic rings. The van der Waals surface area contributed by atoms with E-state index in [0.717, 1.165) is 31.6 Å². The number of hydrogen-bond donors (Lipinski definition) is 4. The van der Waals surface area contributed by atoms with Crippen molar-refractivity contribution in [2.75, 3.05) is 18.4 Å². The quantitative estimate of drug-likeness (QED) is 0.456. The molecular weight excluding hydrogens is 424 g/mol. The van der Waals surface area contributed by atoms with E-state index in [2.05, 4.69) is 21.7 Å². The van der Waals surface area contributed by atoms with E-state index in [-0.39, 0.29) is 5.91 Å². The van der Waals surface area contributed by atoms with Gasteiger partial charge in [0.05, 0.1) is 16.9 Å². The zero-order chi connectivity index (χ0) is 22.4. The van der Waals surface area contributed by atoms with E-state index in [0.29, 0.717) is 22.3 Å². The first-order chi connectivity index (χ1) is 14.9. The zero-order valence-electron chi connectivity index (χ0n) is 16.4. The topological polar surface area (TPSA) is 133 Å². The number of amides is 1. The molecule has 31 heavy (non-hydrogen) atoms. The molecule has 3 heterocycles. The number of hydrogen-bond acceptors (Lipinski definition) is 5. The fourth-order valence-electron chi connectivity index (χ4n) is 3.31. The number of benzene rings is 1. The molecule has 10 heteroatoms. The summed E-state index contributed by atoms with van der Waals surface area (Å²) in [6.45, 7) is 2.07. The monoisotopic (exact) mass is 444 g/mol. The lowest BCUT2D eigenvalue weighted by atomic mass is 9.91. The average molecular weight is 445 g/mol. The number of para-hydroxylation sites is 1. The molecule has 0 radical (unpaired) electrons. The standard InChI is InChI=1S/C19H19ClN4O.C2H2O4/c20-15-3-1-2-4-16(15)23-19(25)17-11-22-18-6-5-14(12-24(17)18)13-7-9-21-10-8-13;3-1(4)2(5)6/h1-6,11-13,21H,7-10H2,(H,23,25);(H,3,4)(H,5,6). The van der Waals surface area contributed by atoms with Crippen molar-refractivity contribution in [3.63, 3.8) is 0 Å². The molecule has 3 aromatic rings. The number of fused-ring (bicyclic) bond motifs is 1. The van der Waals surface area contributed by atoms with E-state index in [1.54, 1.807) is 18.3 Å². The molecule has 0 spiro atoms. The number of rotatable bonds is 3. The molecule has 1 aromatic carbocycles. The van der Waals surface area contributed by atoms with E-state index in [4.69, 9.17) is 31.4 Å². The summed E-state index contributed by atoms with van der Waals surface area (Å²) in [7, 11) is 0. The van der Waals surface area contributed by atoms with Gasteiger partial charge in [-0.25, -0.2) is 14.6 Å².